The third-order valence-electron chi connectivity index (χ3n) is 3.52. The van der Waals surface area contributed by atoms with Crippen molar-refractivity contribution in [1.29, 1.82) is 0 Å². The molecule has 21 heavy (non-hydrogen) atoms. The maximum absolute atomic E-state index is 12.0. The van der Waals surface area contributed by atoms with Crippen molar-refractivity contribution >= 4 is 23.2 Å². The van der Waals surface area contributed by atoms with E-state index in [-0.39, 0.29) is 16.3 Å². The van der Waals surface area contributed by atoms with Crippen molar-refractivity contribution in [3.05, 3.63) is 50.5 Å². The first kappa shape index (κ1) is 15.5. The number of allylic oxidation sites excluding steroid dienone is 1. The number of carbonyl (C=O) groups is 1. The number of benzene rings is 1. The Bertz CT molecular complexity index is 584. The standard InChI is InChI=1S/C15H17ClN2O3/c16-12-6-7-13(14(10-12)18(20)21)15(19)17-9-8-11-4-2-1-3-5-11/h4,6-7,10H,1-3,5,8-9H2,(H,17,19). The van der Waals surface area contributed by atoms with E-state index in [1.54, 1.807) is 0 Å². The van der Waals surface area contributed by atoms with Gasteiger partial charge in [0.1, 0.15) is 5.56 Å². The molecule has 6 heteroatoms. The molecule has 0 radical (unpaired) electrons. The maximum Gasteiger partial charge on any atom is 0.283 e. The number of halogens is 1. The quantitative estimate of drug-likeness (QED) is 0.510. The van der Waals surface area contributed by atoms with E-state index >= 15 is 0 Å². The van der Waals surface area contributed by atoms with Gasteiger partial charge in [-0.2, -0.15) is 0 Å². The molecule has 1 aromatic carbocycles. The first-order valence-corrected chi connectivity index (χ1v) is 7.36. The molecule has 0 aromatic heterocycles. The van der Waals surface area contributed by atoms with Gasteiger partial charge in [-0.05, 0) is 44.2 Å². The van der Waals surface area contributed by atoms with E-state index in [4.69, 9.17) is 11.6 Å². The molecule has 0 atom stereocenters. The van der Waals surface area contributed by atoms with Crippen LogP contribution >= 0.6 is 11.6 Å². The highest BCUT2D eigenvalue weighted by molar-refractivity contribution is 6.31. The van der Waals surface area contributed by atoms with Gasteiger partial charge in [0.15, 0.2) is 0 Å². The zero-order chi connectivity index (χ0) is 15.2. The lowest BCUT2D eigenvalue weighted by atomic mass is 9.97. The molecule has 0 unspecified atom stereocenters. The molecule has 1 amide bonds. The van der Waals surface area contributed by atoms with Gasteiger partial charge in [-0.3, -0.25) is 14.9 Å². The van der Waals surface area contributed by atoms with E-state index < -0.39 is 10.8 Å². The Morgan fingerprint density at radius 2 is 2.19 bits per heavy atom. The normalized spacial score (nSPS) is 14.4. The lowest BCUT2D eigenvalue weighted by Crippen LogP contribution is -2.25. The van der Waals surface area contributed by atoms with Crippen LogP contribution in [0.3, 0.4) is 0 Å². The molecule has 2 rings (SSSR count). The third-order valence-corrected chi connectivity index (χ3v) is 3.75. The number of nitrogens with one attached hydrogen (secondary N) is 1. The second-order valence-electron chi connectivity index (χ2n) is 5.03. The Balaban J connectivity index is 1.97. The Morgan fingerprint density at radius 1 is 1.38 bits per heavy atom. The molecule has 1 aromatic rings. The summed E-state index contributed by atoms with van der Waals surface area (Å²) in [5.41, 5.74) is 1.13. The number of hydrogen-bond acceptors (Lipinski definition) is 3. The van der Waals surface area contributed by atoms with E-state index in [1.165, 1.54) is 36.6 Å². The highest BCUT2D eigenvalue weighted by Crippen LogP contribution is 2.23. The topological polar surface area (TPSA) is 72.2 Å². The van der Waals surface area contributed by atoms with Crippen molar-refractivity contribution in [2.45, 2.75) is 32.1 Å². The highest BCUT2D eigenvalue weighted by Gasteiger charge is 2.20. The molecule has 1 N–H and O–H groups in total. The Kier molecular flexibility index (Phi) is 5.33. The fourth-order valence-electron chi connectivity index (χ4n) is 2.41. The minimum absolute atomic E-state index is 0.0435. The molecule has 0 heterocycles. The molecule has 112 valence electrons. The minimum atomic E-state index is -0.593. The van der Waals surface area contributed by atoms with Gasteiger partial charge in [-0.15, -0.1) is 0 Å². The van der Waals surface area contributed by atoms with Crippen LogP contribution in [0.4, 0.5) is 5.69 Å². The Labute approximate surface area is 128 Å². The van der Waals surface area contributed by atoms with Crippen LogP contribution in [0.2, 0.25) is 5.02 Å². The summed E-state index contributed by atoms with van der Waals surface area (Å²) in [7, 11) is 0. The van der Waals surface area contributed by atoms with Crippen LogP contribution in [0.15, 0.2) is 29.8 Å². The van der Waals surface area contributed by atoms with Crippen molar-refractivity contribution in [3.63, 3.8) is 0 Å². The van der Waals surface area contributed by atoms with Gasteiger partial charge in [0.2, 0.25) is 0 Å². The summed E-state index contributed by atoms with van der Waals surface area (Å²) < 4.78 is 0. The molecule has 0 bridgehead atoms. The fourth-order valence-corrected chi connectivity index (χ4v) is 2.58. The van der Waals surface area contributed by atoms with Crippen molar-refractivity contribution < 1.29 is 9.72 Å². The highest BCUT2D eigenvalue weighted by atomic mass is 35.5. The number of nitro benzene ring substituents is 1. The minimum Gasteiger partial charge on any atom is -0.351 e. The molecule has 0 aliphatic heterocycles. The van der Waals surface area contributed by atoms with Gasteiger partial charge >= 0.3 is 0 Å². The van der Waals surface area contributed by atoms with Gasteiger partial charge in [-0.1, -0.05) is 23.3 Å². The van der Waals surface area contributed by atoms with Crippen molar-refractivity contribution in [3.8, 4) is 0 Å². The number of carbonyl (C=O) groups excluding carboxylic acids is 1. The summed E-state index contributed by atoms with van der Waals surface area (Å²) in [4.78, 5) is 22.4. The first-order valence-electron chi connectivity index (χ1n) is 6.98. The predicted octanol–water partition coefficient (Wildman–Crippen LogP) is 3.87. The summed E-state index contributed by atoms with van der Waals surface area (Å²) in [6.45, 7) is 0.491. The van der Waals surface area contributed by atoms with Gasteiger partial charge in [0.25, 0.3) is 11.6 Å². The van der Waals surface area contributed by atoms with E-state index in [0.717, 1.165) is 19.3 Å². The second kappa shape index (κ2) is 7.22. The lowest BCUT2D eigenvalue weighted by molar-refractivity contribution is -0.385. The number of rotatable bonds is 5. The molecule has 1 aliphatic rings. The smallest absolute Gasteiger partial charge is 0.283 e. The Morgan fingerprint density at radius 3 is 2.86 bits per heavy atom. The molecule has 1 aliphatic carbocycles. The van der Waals surface area contributed by atoms with Crippen LogP contribution in [-0.2, 0) is 0 Å². The maximum atomic E-state index is 12.0. The van der Waals surface area contributed by atoms with Gasteiger partial charge in [0, 0.05) is 17.6 Å². The molecular formula is C15H17ClN2O3. The summed E-state index contributed by atoms with van der Waals surface area (Å²) in [6, 6.07) is 4.06. The third kappa shape index (κ3) is 4.29. The van der Waals surface area contributed by atoms with Crippen molar-refractivity contribution in [2.24, 2.45) is 0 Å². The molecule has 0 spiro atoms. The monoisotopic (exact) mass is 308 g/mol. The van der Waals surface area contributed by atoms with E-state index in [9.17, 15) is 14.9 Å². The average Bonchev–Trinajstić information content (AvgIpc) is 2.48. The van der Waals surface area contributed by atoms with Gasteiger partial charge in [0.05, 0.1) is 4.92 Å². The van der Waals surface area contributed by atoms with E-state index in [1.807, 2.05) is 0 Å². The predicted molar refractivity (Wildman–Crippen MR) is 81.6 cm³/mol. The summed E-state index contributed by atoms with van der Waals surface area (Å²) in [5, 5.41) is 13.9. The molecule has 0 saturated heterocycles. The van der Waals surface area contributed by atoms with Crippen LogP contribution in [-0.4, -0.2) is 17.4 Å². The van der Waals surface area contributed by atoms with Crippen LogP contribution in [0.5, 0.6) is 0 Å². The second-order valence-corrected chi connectivity index (χ2v) is 5.47. The summed E-state index contributed by atoms with van der Waals surface area (Å²) >= 11 is 5.73. The summed E-state index contributed by atoms with van der Waals surface area (Å²) in [5.74, 6) is -0.435. The number of hydrogen-bond donors (Lipinski definition) is 1. The van der Waals surface area contributed by atoms with Crippen molar-refractivity contribution in [1.82, 2.24) is 5.32 Å². The zero-order valence-electron chi connectivity index (χ0n) is 11.6. The van der Waals surface area contributed by atoms with Crippen LogP contribution in [0, 0.1) is 10.1 Å². The van der Waals surface area contributed by atoms with Gasteiger partial charge < -0.3 is 5.32 Å². The molecule has 5 nitrogen and oxygen atoms in total. The molecular weight excluding hydrogens is 292 g/mol. The average molecular weight is 309 g/mol. The van der Waals surface area contributed by atoms with Crippen LogP contribution < -0.4 is 5.32 Å². The molecule has 0 fully saturated rings. The lowest BCUT2D eigenvalue weighted by Gasteiger charge is -2.13. The largest absolute Gasteiger partial charge is 0.351 e. The SMILES string of the molecule is O=C(NCCC1=CCCCC1)c1ccc(Cl)cc1[N+](=O)[O-]. The van der Waals surface area contributed by atoms with Crippen molar-refractivity contribution in [2.75, 3.05) is 6.54 Å². The fraction of sp³-hybridized carbons (Fsp3) is 0.400. The van der Waals surface area contributed by atoms with Gasteiger partial charge in [-0.25, -0.2) is 0 Å². The van der Waals surface area contributed by atoms with E-state index in [0.29, 0.717) is 6.54 Å². The van der Waals surface area contributed by atoms with Crippen LogP contribution in [0.1, 0.15) is 42.5 Å². The number of amides is 1. The number of nitro groups is 1. The Hall–Kier alpha value is -1.88. The first-order chi connectivity index (χ1) is 10.1. The molecule has 0 saturated carbocycles. The number of nitrogens with zero attached hydrogens (tertiary/aromatic N) is 1. The van der Waals surface area contributed by atoms with E-state index in [2.05, 4.69) is 11.4 Å². The zero-order valence-corrected chi connectivity index (χ0v) is 12.4. The summed E-state index contributed by atoms with van der Waals surface area (Å²) in [6.07, 6.45) is 7.63. The van der Waals surface area contributed by atoms with Crippen LogP contribution in [0.25, 0.3) is 0 Å².